The Kier molecular flexibility index (Phi) is 3.77. The Bertz CT molecular complexity index is 128. The molecule has 0 N–H and O–H groups in total. The van der Waals surface area contributed by atoms with Crippen LogP contribution in [0.25, 0.3) is 0 Å². The first kappa shape index (κ1) is 10.7. The second kappa shape index (κ2) is 3.89. The van der Waals surface area contributed by atoms with Gasteiger partial charge in [-0.1, -0.05) is 20.8 Å². The second-order valence-electron chi connectivity index (χ2n) is 4.55. The van der Waals surface area contributed by atoms with Crippen molar-refractivity contribution < 1.29 is 0 Å². The van der Waals surface area contributed by atoms with Gasteiger partial charge in [0.1, 0.15) is 0 Å². The predicted molar refractivity (Wildman–Crippen MR) is 52.2 cm³/mol. The third-order valence-electron chi connectivity index (χ3n) is 1.75. The van der Waals surface area contributed by atoms with Gasteiger partial charge in [0.15, 0.2) is 0 Å². The van der Waals surface area contributed by atoms with E-state index in [1.54, 1.807) is 0 Å². The fourth-order valence-electron chi connectivity index (χ4n) is 0.513. The first-order chi connectivity index (χ1) is 4.83. The molecule has 0 radical (unpaired) electrons. The van der Waals surface area contributed by atoms with Crippen molar-refractivity contribution in [2.45, 2.75) is 47.1 Å². The van der Waals surface area contributed by atoms with Crippen molar-refractivity contribution in [1.82, 2.24) is 0 Å². The topological polar surface area (TPSA) is 12.4 Å². The van der Waals surface area contributed by atoms with E-state index in [0.29, 0.717) is 11.8 Å². The van der Waals surface area contributed by atoms with Crippen LogP contribution in [-0.4, -0.2) is 11.8 Å². The van der Waals surface area contributed by atoms with Gasteiger partial charge in [-0.05, 0) is 32.6 Å². The molecule has 0 aliphatic rings. The number of rotatable bonds is 2. The molecule has 0 saturated carbocycles. The maximum Gasteiger partial charge on any atom is 0.0520 e. The van der Waals surface area contributed by atoms with Crippen LogP contribution < -0.4 is 0 Å². The normalized spacial score (nSPS) is 16.3. The van der Waals surface area contributed by atoms with Crippen molar-refractivity contribution >= 4 is 6.21 Å². The highest BCUT2D eigenvalue weighted by molar-refractivity contribution is 5.61. The van der Waals surface area contributed by atoms with Gasteiger partial charge < -0.3 is 0 Å². The molecule has 0 heterocycles. The van der Waals surface area contributed by atoms with Crippen LogP contribution in [0.15, 0.2) is 4.99 Å². The van der Waals surface area contributed by atoms with Gasteiger partial charge in [-0.2, -0.15) is 0 Å². The molecular weight excluding hydrogens is 134 g/mol. The van der Waals surface area contributed by atoms with Gasteiger partial charge in [-0.25, -0.2) is 0 Å². The Labute approximate surface area is 70.9 Å². The molecule has 0 aromatic carbocycles. The van der Waals surface area contributed by atoms with Gasteiger partial charge in [0, 0.05) is 6.21 Å². The molecule has 0 bridgehead atoms. The van der Waals surface area contributed by atoms with Gasteiger partial charge in [0.05, 0.1) is 5.54 Å². The number of nitrogens with zero attached hydrogens (tertiary/aromatic N) is 1. The van der Waals surface area contributed by atoms with Gasteiger partial charge >= 0.3 is 0 Å². The molecule has 0 aromatic heterocycles. The Morgan fingerprint density at radius 1 is 1.09 bits per heavy atom. The molecular formula is C10H21N. The van der Waals surface area contributed by atoms with E-state index >= 15 is 0 Å². The molecule has 1 unspecified atom stereocenters. The molecule has 0 amide bonds. The summed E-state index contributed by atoms with van der Waals surface area (Å²) in [6.07, 6.45) is 2.07. The lowest BCUT2D eigenvalue weighted by atomic mass is 9.99. The third-order valence-corrected chi connectivity index (χ3v) is 1.75. The Morgan fingerprint density at radius 2 is 1.55 bits per heavy atom. The van der Waals surface area contributed by atoms with E-state index in [1.807, 2.05) is 0 Å². The summed E-state index contributed by atoms with van der Waals surface area (Å²) in [5.41, 5.74) is 0.0865. The van der Waals surface area contributed by atoms with Crippen molar-refractivity contribution in [3.63, 3.8) is 0 Å². The lowest BCUT2D eigenvalue weighted by Crippen LogP contribution is -2.13. The molecule has 0 aliphatic carbocycles. The van der Waals surface area contributed by atoms with Crippen molar-refractivity contribution in [3.05, 3.63) is 0 Å². The average Bonchev–Trinajstić information content (AvgIpc) is 1.80. The van der Waals surface area contributed by atoms with Crippen molar-refractivity contribution in [1.29, 1.82) is 0 Å². The Balaban J connectivity index is 3.93. The fraction of sp³-hybridized carbons (Fsp3) is 0.900. The van der Waals surface area contributed by atoms with Crippen LogP contribution in [0.4, 0.5) is 0 Å². The molecule has 0 rings (SSSR count). The minimum absolute atomic E-state index is 0.0865. The molecule has 11 heavy (non-hydrogen) atoms. The fourth-order valence-corrected chi connectivity index (χ4v) is 0.513. The second-order valence-corrected chi connectivity index (χ2v) is 4.55. The molecule has 1 nitrogen and oxygen atoms in total. The molecule has 0 aromatic rings. The van der Waals surface area contributed by atoms with Gasteiger partial charge in [0.2, 0.25) is 0 Å². The first-order valence-corrected chi connectivity index (χ1v) is 4.38. The van der Waals surface area contributed by atoms with Gasteiger partial charge in [-0.15, -0.1) is 0 Å². The molecule has 0 spiro atoms. The van der Waals surface area contributed by atoms with E-state index in [2.05, 4.69) is 52.7 Å². The lowest BCUT2D eigenvalue weighted by molar-refractivity contribution is 0.524. The van der Waals surface area contributed by atoms with E-state index in [4.69, 9.17) is 0 Å². The van der Waals surface area contributed by atoms with Gasteiger partial charge in [-0.3, -0.25) is 4.99 Å². The van der Waals surface area contributed by atoms with Crippen molar-refractivity contribution in [2.24, 2.45) is 16.8 Å². The highest BCUT2D eigenvalue weighted by atomic mass is 14.8. The standard InChI is InChI=1S/C10H21N/c1-8(2)9(3)7-11-10(4,5)6/h7-9H,1-6H3. The summed E-state index contributed by atoms with van der Waals surface area (Å²) in [6.45, 7) is 13.0. The van der Waals surface area contributed by atoms with Crippen LogP contribution in [0.3, 0.4) is 0 Å². The zero-order valence-electron chi connectivity index (χ0n) is 8.68. The molecule has 1 atom stereocenters. The van der Waals surface area contributed by atoms with Gasteiger partial charge in [0.25, 0.3) is 0 Å². The number of hydrogen-bond donors (Lipinski definition) is 0. The van der Waals surface area contributed by atoms with E-state index < -0.39 is 0 Å². The van der Waals surface area contributed by atoms with Crippen LogP contribution in [0, 0.1) is 11.8 Å². The SMILES string of the molecule is CC(C)C(C)C=NC(C)(C)C. The monoisotopic (exact) mass is 155 g/mol. The summed E-state index contributed by atoms with van der Waals surface area (Å²) >= 11 is 0. The number of aliphatic imine (C=N–C) groups is 1. The van der Waals surface area contributed by atoms with Crippen LogP contribution >= 0.6 is 0 Å². The zero-order valence-corrected chi connectivity index (χ0v) is 8.68. The summed E-state index contributed by atoms with van der Waals surface area (Å²) < 4.78 is 0. The van der Waals surface area contributed by atoms with E-state index in [9.17, 15) is 0 Å². The van der Waals surface area contributed by atoms with E-state index in [1.165, 1.54) is 0 Å². The van der Waals surface area contributed by atoms with Crippen LogP contribution in [0.2, 0.25) is 0 Å². The highest BCUT2D eigenvalue weighted by Crippen LogP contribution is 2.10. The van der Waals surface area contributed by atoms with Crippen LogP contribution in [0.5, 0.6) is 0 Å². The molecule has 0 saturated heterocycles. The summed E-state index contributed by atoms with van der Waals surface area (Å²) in [5.74, 6) is 1.29. The van der Waals surface area contributed by atoms with Crippen LogP contribution in [0.1, 0.15) is 41.5 Å². The quantitative estimate of drug-likeness (QED) is 0.543. The summed E-state index contributed by atoms with van der Waals surface area (Å²) in [4.78, 5) is 4.45. The minimum atomic E-state index is 0.0865. The third kappa shape index (κ3) is 6.08. The molecule has 66 valence electrons. The highest BCUT2D eigenvalue weighted by Gasteiger charge is 2.08. The predicted octanol–water partition coefficient (Wildman–Crippen LogP) is 3.15. The average molecular weight is 155 g/mol. The molecule has 0 aliphatic heterocycles. The van der Waals surface area contributed by atoms with E-state index in [-0.39, 0.29) is 5.54 Å². The maximum absolute atomic E-state index is 4.45. The Morgan fingerprint density at radius 3 is 1.82 bits per heavy atom. The Hall–Kier alpha value is -0.330. The zero-order chi connectivity index (χ0) is 9.07. The number of hydrogen-bond acceptors (Lipinski definition) is 1. The minimum Gasteiger partial charge on any atom is -0.291 e. The van der Waals surface area contributed by atoms with Crippen LogP contribution in [-0.2, 0) is 0 Å². The molecule has 0 fully saturated rings. The van der Waals surface area contributed by atoms with E-state index in [0.717, 1.165) is 0 Å². The smallest absolute Gasteiger partial charge is 0.0520 e. The first-order valence-electron chi connectivity index (χ1n) is 4.38. The summed E-state index contributed by atoms with van der Waals surface area (Å²) in [7, 11) is 0. The van der Waals surface area contributed by atoms with Crippen molar-refractivity contribution in [2.75, 3.05) is 0 Å². The lowest BCUT2D eigenvalue weighted by Gasteiger charge is -2.15. The summed E-state index contributed by atoms with van der Waals surface area (Å²) in [5, 5.41) is 0. The molecule has 1 heteroatoms. The largest absolute Gasteiger partial charge is 0.291 e. The summed E-state index contributed by atoms with van der Waals surface area (Å²) in [6, 6.07) is 0. The maximum atomic E-state index is 4.45. The van der Waals surface area contributed by atoms with Crippen molar-refractivity contribution in [3.8, 4) is 0 Å².